The fourth-order valence-electron chi connectivity index (χ4n) is 3.93. The van der Waals surface area contributed by atoms with Gasteiger partial charge in [-0.3, -0.25) is 25.0 Å². The molecule has 8 nitrogen and oxygen atoms in total. The van der Waals surface area contributed by atoms with Crippen molar-refractivity contribution in [2.45, 2.75) is 43.2 Å². The van der Waals surface area contributed by atoms with E-state index in [1.54, 1.807) is 31.4 Å². The number of carbonyl (C=O) groups is 2. The van der Waals surface area contributed by atoms with Gasteiger partial charge in [0.2, 0.25) is 5.91 Å². The number of nitrogens with one attached hydrogen (secondary N) is 2. The van der Waals surface area contributed by atoms with Crippen molar-refractivity contribution in [1.29, 1.82) is 0 Å². The number of thioether (sulfide) groups is 1. The van der Waals surface area contributed by atoms with E-state index in [-0.39, 0.29) is 11.7 Å². The number of amides is 2. The first kappa shape index (κ1) is 22.8. The van der Waals surface area contributed by atoms with Crippen LogP contribution in [0, 0.1) is 0 Å². The van der Waals surface area contributed by atoms with Crippen LogP contribution >= 0.6 is 11.8 Å². The molecule has 1 aliphatic carbocycles. The summed E-state index contributed by atoms with van der Waals surface area (Å²) < 4.78 is 7.15. The average Bonchev–Trinajstić information content (AvgIpc) is 3.31. The molecule has 2 N–H and O–H groups in total. The predicted octanol–water partition coefficient (Wildman–Crippen LogP) is 3.88. The van der Waals surface area contributed by atoms with Crippen LogP contribution in [-0.2, 0) is 4.79 Å². The molecule has 1 aliphatic rings. The zero-order valence-corrected chi connectivity index (χ0v) is 19.3. The molecule has 2 aromatic carbocycles. The summed E-state index contributed by atoms with van der Waals surface area (Å²) in [4.78, 5) is 24.6. The summed E-state index contributed by atoms with van der Waals surface area (Å²) in [6.45, 7) is 0. The van der Waals surface area contributed by atoms with E-state index in [2.05, 4.69) is 25.6 Å². The zero-order valence-electron chi connectivity index (χ0n) is 18.5. The smallest absolute Gasteiger partial charge is 0.269 e. The van der Waals surface area contributed by atoms with Crippen LogP contribution in [0.15, 0.2) is 59.8 Å². The van der Waals surface area contributed by atoms with Gasteiger partial charge in [-0.15, -0.1) is 10.2 Å². The highest BCUT2D eigenvalue weighted by molar-refractivity contribution is 7.99. The van der Waals surface area contributed by atoms with Crippen LogP contribution in [0.25, 0.3) is 5.69 Å². The van der Waals surface area contributed by atoms with Crippen LogP contribution in [-0.4, -0.2) is 39.4 Å². The Morgan fingerprint density at radius 1 is 1.00 bits per heavy atom. The Hall–Kier alpha value is -3.33. The number of hydrogen-bond acceptors (Lipinski definition) is 6. The molecule has 0 saturated heterocycles. The molecule has 172 valence electrons. The van der Waals surface area contributed by atoms with E-state index in [9.17, 15) is 9.59 Å². The molecule has 0 atom stereocenters. The Morgan fingerprint density at radius 3 is 2.42 bits per heavy atom. The minimum atomic E-state index is -0.400. The molecule has 4 rings (SSSR count). The first-order valence-electron chi connectivity index (χ1n) is 11.0. The number of para-hydroxylation sites is 1. The lowest BCUT2D eigenvalue weighted by Gasteiger charge is -2.22. The van der Waals surface area contributed by atoms with E-state index in [0.717, 1.165) is 24.4 Å². The van der Waals surface area contributed by atoms with Crippen molar-refractivity contribution >= 4 is 23.6 Å². The van der Waals surface area contributed by atoms with Crippen molar-refractivity contribution in [2.24, 2.45) is 0 Å². The highest BCUT2D eigenvalue weighted by atomic mass is 32.2. The van der Waals surface area contributed by atoms with Crippen molar-refractivity contribution in [3.05, 3.63) is 66.0 Å². The number of carbonyl (C=O) groups excluding carboxylic acids is 2. The maximum absolute atomic E-state index is 12.4. The van der Waals surface area contributed by atoms with Crippen LogP contribution < -0.4 is 15.6 Å². The highest BCUT2D eigenvalue weighted by Crippen LogP contribution is 2.34. The molecular weight excluding hydrogens is 438 g/mol. The molecule has 0 spiro atoms. The summed E-state index contributed by atoms with van der Waals surface area (Å²) in [5, 5.41) is 9.56. The van der Waals surface area contributed by atoms with Gasteiger partial charge in [0.15, 0.2) is 5.16 Å². The summed E-state index contributed by atoms with van der Waals surface area (Å²) >= 11 is 1.30. The molecule has 3 aromatic rings. The van der Waals surface area contributed by atoms with Gasteiger partial charge in [-0.2, -0.15) is 0 Å². The molecule has 1 heterocycles. The van der Waals surface area contributed by atoms with Gasteiger partial charge in [-0.1, -0.05) is 49.2 Å². The number of rotatable bonds is 7. The van der Waals surface area contributed by atoms with Gasteiger partial charge in [-0.25, -0.2) is 0 Å². The average molecular weight is 466 g/mol. The van der Waals surface area contributed by atoms with Crippen molar-refractivity contribution in [3.8, 4) is 11.4 Å². The van der Waals surface area contributed by atoms with Crippen molar-refractivity contribution < 1.29 is 14.3 Å². The van der Waals surface area contributed by atoms with Gasteiger partial charge in [-0.05, 0) is 49.2 Å². The number of nitrogens with zero attached hydrogens (tertiary/aromatic N) is 3. The summed E-state index contributed by atoms with van der Waals surface area (Å²) in [5.74, 6) is 1.35. The Morgan fingerprint density at radius 2 is 1.73 bits per heavy atom. The maximum Gasteiger partial charge on any atom is 0.269 e. The van der Waals surface area contributed by atoms with E-state index in [1.165, 1.54) is 31.0 Å². The molecule has 0 radical (unpaired) electrons. The Kier molecular flexibility index (Phi) is 7.62. The van der Waals surface area contributed by atoms with E-state index in [0.29, 0.717) is 22.4 Å². The highest BCUT2D eigenvalue weighted by Gasteiger charge is 2.24. The maximum atomic E-state index is 12.4. The van der Waals surface area contributed by atoms with Crippen LogP contribution in [0.4, 0.5) is 0 Å². The number of aromatic nitrogens is 3. The van der Waals surface area contributed by atoms with E-state index >= 15 is 0 Å². The van der Waals surface area contributed by atoms with Gasteiger partial charge in [0.25, 0.3) is 5.91 Å². The fourth-order valence-corrected chi connectivity index (χ4v) is 4.69. The topological polar surface area (TPSA) is 98.1 Å². The Labute approximate surface area is 197 Å². The lowest BCUT2D eigenvalue weighted by atomic mass is 9.88. The number of ether oxygens (including phenoxy) is 1. The quantitative estimate of drug-likeness (QED) is 0.406. The van der Waals surface area contributed by atoms with Crippen LogP contribution in [0.3, 0.4) is 0 Å². The molecular formula is C24H27N5O3S. The lowest BCUT2D eigenvalue weighted by Crippen LogP contribution is -2.42. The third-order valence-electron chi connectivity index (χ3n) is 5.64. The normalized spacial score (nSPS) is 14.0. The third kappa shape index (κ3) is 5.73. The molecule has 2 amide bonds. The standard InChI is InChI=1S/C24H27N5O3S/c1-32-20-14-12-18(13-15-20)23(31)27-25-21(30)16-33-24-28-26-22(17-8-4-2-5-9-17)29(24)19-10-6-3-7-11-19/h3,6-7,10-15,17H,2,4-5,8-9,16H2,1H3,(H,25,30)(H,27,31). The molecule has 1 aromatic heterocycles. The third-order valence-corrected chi connectivity index (χ3v) is 6.57. The van der Waals surface area contributed by atoms with Crippen LogP contribution in [0.5, 0.6) is 5.75 Å². The van der Waals surface area contributed by atoms with Gasteiger partial charge in [0, 0.05) is 17.2 Å². The second-order valence-electron chi connectivity index (χ2n) is 7.87. The van der Waals surface area contributed by atoms with Crippen LogP contribution in [0.1, 0.15) is 54.2 Å². The summed E-state index contributed by atoms with van der Waals surface area (Å²) in [6.07, 6.45) is 5.87. The molecule has 1 fully saturated rings. The summed E-state index contributed by atoms with van der Waals surface area (Å²) in [6, 6.07) is 16.6. The Balaban J connectivity index is 1.39. The van der Waals surface area contributed by atoms with Gasteiger partial charge < -0.3 is 4.74 Å². The van der Waals surface area contributed by atoms with Gasteiger partial charge >= 0.3 is 0 Å². The molecule has 33 heavy (non-hydrogen) atoms. The molecule has 0 aliphatic heterocycles. The second kappa shape index (κ2) is 11.0. The minimum absolute atomic E-state index is 0.0958. The number of hydrazine groups is 1. The molecule has 9 heteroatoms. The molecule has 1 saturated carbocycles. The fraction of sp³-hybridized carbons (Fsp3) is 0.333. The summed E-state index contributed by atoms with van der Waals surface area (Å²) in [7, 11) is 1.56. The first-order valence-corrected chi connectivity index (χ1v) is 12.0. The van der Waals surface area contributed by atoms with Crippen LogP contribution in [0.2, 0.25) is 0 Å². The van der Waals surface area contributed by atoms with Gasteiger partial charge in [0.1, 0.15) is 11.6 Å². The molecule has 0 unspecified atom stereocenters. The van der Waals surface area contributed by atoms with E-state index in [4.69, 9.17) is 4.74 Å². The SMILES string of the molecule is COc1ccc(C(=O)NNC(=O)CSc2nnc(C3CCCCC3)n2-c2ccccc2)cc1. The monoisotopic (exact) mass is 465 g/mol. The lowest BCUT2D eigenvalue weighted by molar-refractivity contribution is -0.119. The number of methoxy groups -OCH3 is 1. The van der Waals surface area contributed by atoms with E-state index in [1.807, 2.05) is 30.3 Å². The number of hydrogen-bond donors (Lipinski definition) is 2. The zero-order chi connectivity index (χ0) is 23.0. The van der Waals surface area contributed by atoms with Crippen molar-refractivity contribution in [2.75, 3.05) is 12.9 Å². The van der Waals surface area contributed by atoms with E-state index < -0.39 is 5.91 Å². The largest absolute Gasteiger partial charge is 0.497 e. The Bertz CT molecular complexity index is 1080. The minimum Gasteiger partial charge on any atom is -0.497 e. The van der Waals surface area contributed by atoms with Crippen molar-refractivity contribution in [1.82, 2.24) is 25.6 Å². The van der Waals surface area contributed by atoms with Crippen molar-refractivity contribution in [3.63, 3.8) is 0 Å². The predicted molar refractivity (Wildman–Crippen MR) is 127 cm³/mol. The summed E-state index contributed by atoms with van der Waals surface area (Å²) in [5.41, 5.74) is 6.31. The number of benzene rings is 2. The van der Waals surface area contributed by atoms with Gasteiger partial charge in [0.05, 0.1) is 12.9 Å². The first-order chi connectivity index (χ1) is 16.2. The second-order valence-corrected chi connectivity index (χ2v) is 8.81. The molecule has 0 bridgehead atoms.